The van der Waals surface area contributed by atoms with Crippen molar-refractivity contribution in [2.45, 2.75) is 37.6 Å². The van der Waals surface area contributed by atoms with E-state index in [0.717, 1.165) is 5.56 Å². The van der Waals surface area contributed by atoms with E-state index < -0.39 is 36.7 Å². The Morgan fingerprint density at radius 2 is 1.88 bits per heavy atom. The number of allylic oxidation sites excluding steroid dienone is 1. The number of aliphatic hydroxyl groups is 3. The van der Waals surface area contributed by atoms with Gasteiger partial charge < -0.3 is 34.6 Å². The summed E-state index contributed by atoms with van der Waals surface area (Å²) in [4.78, 5) is 11.1. The van der Waals surface area contributed by atoms with Gasteiger partial charge in [0.15, 0.2) is 17.6 Å². The Kier molecular flexibility index (Phi) is 5.79. The lowest BCUT2D eigenvalue weighted by atomic mass is 9.99. The summed E-state index contributed by atoms with van der Waals surface area (Å²) < 4.78 is 15.7. The van der Waals surface area contributed by atoms with E-state index in [4.69, 9.17) is 19.3 Å². The van der Waals surface area contributed by atoms with Gasteiger partial charge in [0.2, 0.25) is 6.29 Å². The third-order valence-corrected chi connectivity index (χ3v) is 3.60. The van der Waals surface area contributed by atoms with Gasteiger partial charge in [-0.05, 0) is 24.6 Å². The van der Waals surface area contributed by atoms with Crippen molar-refractivity contribution < 1.29 is 39.4 Å². The van der Waals surface area contributed by atoms with Crippen LogP contribution in [0.5, 0.6) is 11.5 Å². The van der Waals surface area contributed by atoms with Crippen molar-refractivity contribution in [1.29, 1.82) is 0 Å². The largest absolute Gasteiger partial charge is 0.493 e. The lowest BCUT2D eigenvalue weighted by Crippen LogP contribution is -2.61. The van der Waals surface area contributed by atoms with Crippen LogP contribution in [-0.4, -0.2) is 64.2 Å². The molecule has 0 saturated carbocycles. The van der Waals surface area contributed by atoms with Crippen LogP contribution in [0, 0.1) is 0 Å². The molecule has 1 aliphatic heterocycles. The second kappa shape index (κ2) is 7.63. The second-order valence-corrected chi connectivity index (χ2v) is 5.26. The van der Waals surface area contributed by atoms with Gasteiger partial charge in [-0.25, -0.2) is 4.79 Å². The predicted octanol–water partition coefficient (Wildman–Crippen LogP) is -0.000700. The highest BCUT2D eigenvalue weighted by Crippen LogP contribution is 2.32. The van der Waals surface area contributed by atoms with E-state index in [9.17, 15) is 20.1 Å². The Balaban J connectivity index is 2.24. The van der Waals surface area contributed by atoms with Gasteiger partial charge in [0.1, 0.15) is 18.3 Å². The number of ether oxygens (including phenoxy) is 3. The highest BCUT2D eigenvalue weighted by molar-refractivity contribution is 5.73. The Morgan fingerprint density at radius 3 is 2.46 bits per heavy atom. The standard InChI is InChI=1S/C16H20O8/c1-3-4-8-5-6-9(10(7-8)22-2)23-16-13(19)11(17)12(18)14(24-16)15(20)21/h3-7,11-14,16-19H,1-2H3,(H,20,21)/b4-3-/t11-,12+,13-,14-,16+/m1/s1. The fourth-order valence-electron chi connectivity index (χ4n) is 2.35. The van der Waals surface area contributed by atoms with E-state index in [2.05, 4.69) is 0 Å². The summed E-state index contributed by atoms with van der Waals surface area (Å²) in [6, 6.07) is 4.98. The monoisotopic (exact) mass is 340 g/mol. The number of aliphatic hydroxyl groups excluding tert-OH is 3. The zero-order valence-electron chi connectivity index (χ0n) is 13.2. The van der Waals surface area contributed by atoms with Crippen molar-refractivity contribution in [3.63, 3.8) is 0 Å². The topological polar surface area (TPSA) is 126 Å². The van der Waals surface area contributed by atoms with Crippen molar-refractivity contribution in [3.05, 3.63) is 29.8 Å². The molecule has 24 heavy (non-hydrogen) atoms. The van der Waals surface area contributed by atoms with Crippen molar-refractivity contribution in [2.24, 2.45) is 0 Å². The lowest BCUT2D eigenvalue weighted by molar-refractivity contribution is -0.271. The summed E-state index contributed by atoms with van der Waals surface area (Å²) in [5, 5.41) is 38.4. The predicted molar refractivity (Wildman–Crippen MR) is 82.6 cm³/mol. The highest BCUT2D eigenvalue weighted by atomic mass is 16.7. The van der Waals surface area contributed by atoms with Gasteiger partial charge in [-0.2, -0.15) is 0 Å². The van der Waals surface area contributed by atoms with Crippen LogP contribution in [0.1, 0.15) is 12.5 Å². The molecule has 8 nitrogen and oxygen atoms in total. The molecule has 0 bridgehead atoms. The van der Waals surface area contributed by atoms with Gasteiger partial charge in [-0.15, -0.1) is 0 Å². The number of methoxy groups -OCH3 is 1. The normalized spacial score (nSPS) is 30.3. The summed E-state index contributed by atoms with van der Waals surface area (Å²) in [6.45, 7) is 1.86. The molecule has 0 aliphatic carbocycles. The SMILES string of the molecule is C/C=C\c1ccc(O[C@H]2O[C@@H](C(=O)O)[C@@H](O)[C@@H](O)[C@H]2O)c(OC)c1. The lowest BCUT2D eigenvalue weighted by Gasteiger charge is -2.38. The first kappa shape index (κ1) is 18.2. The third-order valence-electron chi connectivity index (χ3n) is 3.60. The van der Waals surface area contributed by atoms with E-state index in [1.807, 2.05) is 19.1 Å². The van der Waals surface area contributed by atoms with Crippen LogP contribution in [0.4, 0.5) is 0 Å². The molecule has 132 valence electrons. The maximum Gasteiger partial charge on any atom is 0.335 e. The van der Waals surface area contributed by atoms with Crippen LogP contribution in [-0.2, 0) is 9.53 Å². The minimum absolute atomic E-state index is 0.197. The van der Waals surface area contributed by atoms with Gasteiger partial charge >= 0.3 is 5.97 Å². The maximum absolute atomic E-state index is 11.1. The number of carboxylic acid groups (broad SMARTS) is 1. The molecule has 8 heteroatoms. The van der Waals surface area contributed by atoms with Gasteiger partial charge in [0, 0.05) is 0 Å². The molecule has 1 heterocycles. The fraction of sp³-hybridized carbons (Fsp3) is 0.438. The number of aliphatic carboxylic acids is 1. The number of benzene rings is 1. The molecule has 1 aliphatic rings. The molecule has 0 spiro atoms. The van der Waals surface area contributed by atoms with Crippen LogP contribution < -0.4 is 9.47 Å². The number of rotatable bonds is 5. The average molecular weight is 340 g/mol. The summed E-state index contributed by atoms with van der Waals surface area (Å²) in [5.74, 6) is -0.936. The molecule has 0 amide bonds. The fourth-order valence-corrected chi connectivity index (χ4v) is 2.35. The quantitative estimate of drug-likeness (QED) is 0.590. The molecule has 1 aromatic rings. The maximum atomic E-state index is 11.1. The molecule has 1 aromatic carbocycles. The number of carboxylic acids is 1. The van der Waals surface area contributed by atoms with Crippen molar-refractivity contribution in [1.82, 2.24) is 0 Å². The van der Waals surface area contributed by atoms with Crippen LogP contribution in [0.2, 0.25) is 0 Å². The Bertz CT molecular complexity index is 614. The minimum atomic E-state index is -1.77. The number of hydrogen-bond acceptors (Lipinski definition) is 7. The molecular formula is C16H20O8. The summed E-state index contributed by atoms with van der Waals surface area (Å²) >= 11 is 0. The van der Waals surface area contributed by atoms with Crippen LogP contribution in [0.3, 0.4) is 0 Å². The molecule has 0 radical (unpaired) electrons. The zero-order chi connectivity index (χ0) is 17.9. The van der Waals surface area contributed by atoms with Crippen LogP contribution in [0.15, 0.2) is 24.3 Å². The van der Waals surface area contributed by atoms with Crippen molar-refractivity contribution in [3.8, 4) is 11.5 Å². The molecule has 1 fully saturated rings. The molecule has 2 rings (SSSR count). The van der Waals surface area contributed by atoms with E-state index in [1.54, 1.807) is 18.2 Å². The van der Waals surface area contributed by atoms with E-state index >= 15 is 0 Å². The van der Waals surface area contributed by atoms with Crippen molar-refractivity contribution >= 4 is 12.0 Å². The van der Waals surface area contributed by atoms with Gasteiger partial charge in [0.25, 0.3) is 0 Å². The molecular weight excluding hydrogens is 320 g/mol. The zero-order valence-corrected chi connectivity index (χ0v) is 13.2. The van der Waals surface area contributed by atoms with E-state index in [-0.39, 0.29) is 5.75 Å². The molecule has 4 N–H and O–H groups in total. The van der Waals surface area contributed by atoms with Gasteiger partial charge in [0.05, 0.1) is 7.11 Å². The van der Waals surface area contributed by atoms with Crippen LogP contribution in [0.25, 0.3) is 6.08 Å². The Hall–Kier alpha value is -2.13. The Morgan fingerprint density at radius 1 is 1.17 bits per heavy atom. The average Bonchev–Trinajstić information content (AvgIpc) is 2.56. The highest BCUT2D eigenvalue weighted by Gasteiger charge is 2.48. The third kappa shape index (κ3) is 3.68. The molecule has 0 unspecified atom stereocenters. The summed E-state index contributed by atoms with van der Waals surface area (Å²) in [7, 11) is 1.43. The molecule has 5 atom stereocenters. The summed E-state index contributed by atoms with van der Waals surface area (Å²) in [5.41, 5.74) is 0.852. The van der Waals surface area contributed by atoms with Crippen molar-refractivity contribution in [2.75, 3.05) is 7.11 Å². The second-order valence-electron chi connectivity index (χ2n) is 5.26. The Labute approximate surface area is 138 Å². The first-order chi connectivity index (χ1) is 11.4. The molecule has 1 saturated heterocycles. The van der Waals surface area contributed by atoms with E-state index in [0.29, 0.717) is 5.75 Å². The van der Waals surface area contributed by atoms with Gasteiger partial charge in [-0.3, -0.25) is 0 Å². The minimum Gasteiger partial charge on any atom is -0.493 e. The summed E-state index contributed by atoms with van der Waals surface area (Å²) in [6.07, 6.45) is -4.63. The van der Waals surface area contributed by atoms with Gasteiger partial charge in [-0.1, -0.05) is 18.2 Å². The smallest absolute Gasteiger partial charge is 0.335 e. The number of hydrogen-bond donors (Lipinski definition) is 4. The first-order valence-corrected chi connectivity index (χ1v) is 7.29. The first-order valence-electron chi connectivity index (χ1n) is 7.29. The number of carbonyl (C=O) groups is 1. The van der Waals surface area contributed by atoms with Crippen LogP contribution >= 0.6 is 0 Å². The van der Waals surface area contributed by atoms with E-state index in [1.165, 1.54) is 7.11 Å². The molecule has 0 aromatic heterocycles.